The average molecular weight is 1210 g/mol. The van der Waals surface area contributed by atoms with Crippen LogP contribution in [0.1, 0.15) is 112 Å². The van der Waals surface area contributed by atoms with Crippen molar-refractivity contribution in [3.05, 3.63) is 29.8 Å². The van der Waals surface area contributed by atoms with Crippen molar-refractivity contribution in [1.82, 2.24) is 53.2 Å². The Bertz CT molecular complexity index is 2400. The van der Waals surface area contributed by atoms with E-state index >= 15 is 0 Å². The Balaban J connectivity index is 2.42. The predicted molar refractivity (Wildman–Crippen MR) is 312 cm³/mol. The molecular formula is C54H90N14O15S. The maximum atomic E-state index is 14.2. The first kappa shape index (κ1) is 72.8. The van der Waals surface area contributed by atoms with E-state index in [0.717, 1.165) is 6.42 Å². The van der Waals surface area contributed by atoms with Gasteiger partial charge in [-0.15, -0.1) is 0 Å². The van der Waals surface area contributed by atoms with Crippen LogP contribution >= 0.6 is 11.8 Å². The van der Waals surface area contributed by atoms with Crippen LogP contribution in [0.3, 0.4) is 0 Å². The maximum absolute atomic E-state index is 14.2. The Morgan fingerprint density at radius 1 is 0.595 bits per heavy atom. The summed E-state index contributed by atoms with van der Waals surface area (Å²) < 4.78 is 0. The summed E-state index contributed by atoms with van der Waals surface area (Å²) in [7, 11) is 0. The lowest BCUT2D eigenvalue weighted by Crippen LogP contribution is -2.63. The predicted octanol–water partition coefficient (Wildman–Crippen LogP) is -3.11. The number of aromatic hydroxyl groups is 1. The average Bonchev–Trinajstić information content (AvgIpc) is 4.11. The number of nitrogens with one attached hydrogen (secondary N) is 10. The summed E-state index contributed by atoms with van der Waals surface area (Å²) >= 11 is 1.35. The number of aliphatic hydroxyl groups excluding tert-OH is 1. The second-order valence-electron chi connectivity index (χ2n) is 21.7. The molecule has 0 saturated carbocycles. The largest absolute Gasteiger partial charge is 0.508 e. The number of hydrogen-bond donors (Lipinski definition) is 17. The number of aliphatic carboxylic acids is 2. The normalized spacial score (nSPS) is 16.6. The number of carboxylic acid groups (broad SMARTS) is 2. The number of guanidine groups is 1. The zero-order chi connectivity index (χ0) is 63.4. The first-order valence-corrected chi connectivity index (χ1v) is 29.5. The lowest BCUT2D eigenvalue weighted by atomic mass is 9.98. The first-order valence-electron chi connectivity index (χ1n) is 28.1. The van der Waals surface area contributed by atoms with Gasteiger partial charge in [-0.3, -0.25) is 52.9 Å². The number of benzene rings is 1. The molecule has 1 aliphatic heterocycles. The number of phenolic OH excluding ortho intramolecular Hbond substituents is 1. The number of unbranched alkanes of at least 4 members (excludes halogenated alkanes) is 1. The number of rotatable bonds is 38. The minimum absolute atomic E-state index is 0.0198. The highest BCUT2D eigenvalue weighted by atomic mass is 32.2. The van der Waals surface area contributed by atoms with E-state index in [1.807, 2.05) is 0 Å². The molecule has 1 heterocycles. The van der Waals surface area contributed by atoms with Crippen LogP contribution in [0.4, 0.5) is 0 Å². The molecule has 2 rings (SSSR count). The molecule has 30 heteroatoms. The van der Waals surface area contributed by atoms with Gasteiger partial charge in [0.1, 0.15) is 60.1 Å². The van der Waals surface area contributed by atoms with Crippen molar-refractivity contribution < 1.29 is 73.2 Å². The summed E-state index contributed by atoms with van der Waals surface area (Å²) in [5.74, 6) is -12.6. The van der Waals surface area contributed by atoms with Crippen LogP contribution in [-0.4, -0.2) is 190 Å². The molecule has 84 heavy (non-hydrogen) atoms. The van der Waals surface area contributed by atoms with E-state index < -0.39 is 156 Å². The van der Waals surface area contributed by atoms with Gasteiger partial charge >= 0.3 is 11.9 Å². The minimum atomic E-state index is -1.79. The number of thioether (sulfide) groups is 1. The third-order valence-electron chi connectivity index (χ3n) is 13.6. The van der Waals surface area contributed by atoms with Gasteiger partial charge in [-0.1, -0.05) is 53.7 Å². The minimum Gasteiger partial charge on any atom is -0.508 e. The van der Waals surface area contributed by atoms with Crippen LogP contribution in [0.2, 0.25) is 0 Å². The number of nitrogens with zero attached hydrogens (tertiary/aromatic N) is 1. The number of aliphatic hydroxyl groups is 1. The van der Waals surface area contributed by atoms with Gasteiger partial charge < -0.3 is 90.8 Å². The van der Waals surface area contributed by atoms with Gasteiger partial charge in [0.2, 0.25) is 53.2 Å². The van der Waals surface area contributed by atoms with E-state index in [2.05, 4.69) is 58.2 Å². The second-order valence-corrected chi connectivity index (χ2v) is 22.7. The van der Waals surface area contributed by atoms with E-state index in [4.69, 9.17) is 17.2 Å². The molecule has 1 saturated heterocycles. The van der Waals surface area contributed by atoms with Gasteiger partial charge in [0.05, 0.1) is 18.6 Å². The molecule has 20 N–H and O–H groups in total. The summed E-state index contributed by atoms with van der Waals surface area (Å²) in [5, 5.41) is 66.3. The van der Waals surface area contributed by atoms with Crippen LogP contribution < -0.4 is 70.4 Å². The van der Waals surface area contributed by atoms with E-state index in [-0.39, 0.29) is 63.3 Å². The van der Waals surface area contributed by atoms with E-state index in [9.17, 15) is 73.2 Å². The standard InChI is InChI=1S/C54H90N14O15S/c1-27(2)40(65-44(73)33-14-11-22-58-33)50(79)64-38(26-39(71)72)48(77)66-42(29(5)6)51(80)67-41(28(3)4)49(78)60-34(13-9-10-21-55)46(75)68-43(30(7)69)52(81)61-35(15-12-23-59-54(56)57)45(74)63-37(25-31-16-18-32(70)19-17-31)47(76)62-36(53(82)83)20-24-84-8/h16-19,27-30,33-38,40-43,58,69-70H,9-15,20-26,55H2,1-8H3,(H,60,78)(H,61,81)(H,62,76)(H,63,74)(H,64,79)(H,65,73)(H,66,77)(H,67,80)(H,68,75)(H,71,72)(H,82,83)(H4,56,57,59)/t30-,33+,34+,35+,36+,37+,38+,40+,41+,42+,43+/m1/s1. The van der Waals surface area contributed by atoms with Gasteiger partial charge in [-0.25, -0.2) is 4.79 Å². The fraction of sp³-hybridized carbons (Fsp3) is 0.667. The highest BCUT2D eigenvalue weighted by Gasteiger charge is 2.38. The summed E-state index contributed by atoms with van der Waals surface area (Å²) in [6.07, 6.45) is 0.847. The Kier molecular flexibility index (Phi) is 32.1. The fourth-order valence-electron chi connectivity index (χ4n) is 8.74. The van der Waals surface area contributed by atoms with Crippen molar-refractivity contribution in [2.75, 3.05) is 31.6 Å². The molecule has 0 aliphatic carbocycles. The number of hydrogen-bond acceptors (Lipinski definition) is 17. The molecular weight excluding hydrogens is 1120 g/mol. The summed E-state index contributed by atoms with van der Waals surface area (Å²) in [4.78, 5) is 153. The smallest absolute Gasteiger partial charge is 0.326 e. The quantitative estimate of drug-likeness (QED) is 0.0177. The number of nitrogens with two attached hydrogens (primary N) is 3. The Morgan fingerprint density at radius 3 is 1.54 bits per heavy atom. The summed E-state index contributed by atoms with van der Waals surface area (Å²) in [5.41, 5.74) is 17.2. The highest BCUT2D eigenvalue weighted by molar-refractivity contribution is 7.98. The molecule has 0 spiro atoms. The van der Waals surface area contributed by atoms with Gasteiger partial charge in [0, 0.05) is 13.0 Å². The van der Waals surface area contributed by atoms with Crippen molar-refractivity contribution in [2.45, 2.75) is 179 Å². The number of phenols is 1. The van der Waals surface area contributed by atoms with Crippen LogP contribution in [0, 0.1) is 17.8 Å². The number of carboxylic acids is 2. The van der Waals surface area contributed by atoms with Gasteiger partial charge in [-0.05, 0) is 119 Å². The maximum Gasteiger partial charge on any atom is 0.326 e. The first-order chi connectivity index (χ1) is 39.5. The van der Waals surface area contributed by atoms with Gasteiger partial charge in [-0.2, -0.15) is 11.8 Å². The second kappa shape index (κ2) is 37.1. The SMILES string of the molecule is CSCC[C@H](NC(=O)[C@H](Cc1ccc(O)cc1)NC(=O)[C@H](CCCN=C(N)N)NC(=O)[C@@H](NC(=O)[C@H](CCCCN)NC(=O)[C@@H](NC(=O)[C@@H](NC(=O)[C@H](CC(=O)O)NC(=O)[C@@H](NC(=O)[C@@H]1CCCN1)C(C)C)C(C)C)C(C)C)[C@@H](C)O)C(=O)O. The molecule has 1 aliphatic rings. The molecule has 11 atom stereocenters. The van der Waals surface area contributed by atoms with Gasteiger partial charge in [0.25, 0.3) is 0 Å². The van der Waals surface area contributed by atoms with Crippen LogP contribution in [0.5, 0.6) is 5.75 Å². The van der Waals surface area contributed by atoms with Crippen molar-refractivity contribution in [1.29, 1.82) is 0 Å². The van der Waals surface area contributed by atoms with Crippen molar-refractivity contribution in [3.8, 4) is 5.75 Å². The molecule has 1 aromatic rings. The third kappa shape index (κ3) is 25.7. The Morgan fingerprint density at radius 2 is 1.05 bits per heavy atom. The highest BCUT2D eigenvalue weighted by Crippen LogP contribution is 2.15. The Labute approximate surface area is 493 Å². The van der Waals surface area contributed by atoms with Crippen molar-refractivity contribution in [2.24, 2.45) is 39.9 Å². The van der Waals surface area contributed by atoms with E-state index in [1.165, 1.54) is 43.0 Å². The molecule has 472 valence electrons. The third-order valence-corrected chi connectivity index (χ3v) is 14.2. The monoisotopic (exact) mass is 1210 g/mol. The summed E-state index contributed by atoms with van der Waals surface area (Å²) in [6.45, 7) is 11.6. The molecule has 0 unspecified atom stereocenters. The molecule has 1 fully saturated rings. The number of aliphatic imine (C=N–C) groups is 1. The van der Waals surface area contributed by atoms with Gasteiger partial charge in [0.15, 0.2) is 5.96 Å². The van der Waals surface area contributed by atoms with Crippen molar-refractivity contribution >= 4 is 82.8 Å². The molecule has 0 bridgehead atoms. The zero-order valence-corrected chi connectivity index (χ0v) is 50.0. The molecule has 0 radical (unpaired) electrons. The topological polar surface area (TPSA) is 479 Å². The number of carbonyl (C=O) groups excluding carboxylic acids is 9. The fourth-order valence-corrected chi connectivity index (χ4v) is 9.21. The van der Waals surface area contributed by atoms with Crippen molar-refractivity contribution in [3.63, 3.8) is 0 Å². The molecule has 0 aromatic heterocycles. The molecule has 1 aromatic carbocycles. The zero-order valence-electron chi connectivity index (χ0n) is 49.2. The molecule has 9 amide bonds. The lowest BCUT2D eigenvalue weighted by molar-refractivity contribution is -0.142. The van der Waals surface area contributed by atoms with E-state index in [1.54, 1.807) is 47.8 Å². The van der Waals surface area contributed by atoms with E-state index in [0.29, 0.717) is 30.7 Å². The number of carbonyl (C=O) groups is 11. The lowest BCUT2D eigenvalue weighted by Gasteiger charge is -2.30. The molecule has 29 nitrogen and oxygen atoms in total. The Hall–Kier alpha value is -7.31. The van der Waals surface area contributed by atoms with Crippen LogP contribution in [-0.2, 0) is 59.2 Å². The van der Waals surface area contributed by atoms with Crippen LogP contribution in [0.25, 0.3) is 0 Å². The number of amides is 9. The van der Waals surface area contributed by atoms with Crippen LogP contribution in [0.15, 0.2) is 29.3 Å². The summed E-state index contributed by atoms with van der Waals surface area (Å²) in [6, 6.07) is -8.02.